The van der Waals surface area contributed by atoms with E-state index in [1.165, 1.54) is 11.6 Å². The Labute approximate surface area is 260 Å². The number of aryl methyl sites for hydroxylation is 1. The number of rotatable bonds is 8. The molecule has 1 aliphatic heterocycles. The van der Waals surface area contributed by atoms with E-state index in [2.05, 4.69) is 22.5 Å². The molecule has 45 heavy (non-hydrogen) atoms. The molecule has 1 aromatic carbocycles. The third kappa shape index (κ3) is 6.95. The van der Waals surface area contributed by atoms with E-state index in [-0.39, 0.29) is 41.1 Å². The number of ketones is 1. The Morgan fingerprint density at radius 1 is 1.09 bits per heavy atom. The van der Waals surface area contributed by atoms with E-state index in [4.69, 9.17) is 9.72 Å². The predicted molar refractivity (Wildman–Crippen MR) is 169 cm³/mol. The van der Waals surface area contributed by atoms with Crippen LogP contribution < -0.4 is 26.8 Å². The molecule has 2 fully saturated rings. The molecule has 1 saturated heterocycles. The molecule has 1 atom stereocenters. The first kappa shape index (κ1) is 31.6. The van der Waals surface area contributed by atoms with Crippen LogP contribution in [0.5, 0.6) is 0 Å². The zero-order chi connectivity index (χ0) is 32.5. The van der Waals surface area contributed by atoms with Crippen LogP contribution in [0.25, 0.3) is 11.2 Å². The lowest BCUT2D eigenvalue weighted by Gasteiger charge is -2.34. The number of nitrogens with one attached hydrogen (secondary N) is 2. The van der Waals surface area contributed by atoms with E-state index in [9.17, 15) is 24.0 Å². The van der Waals surface area contributed by atoms with Gasteiger partial charge < -0.3 is 20.3 Å². The maximum Gasteiger partial charge on any atom is 0.407 e. The Kier molecular flexibility index (Phi) is 8.86. The van der Waals surface area contributed by atoms with Gasteiger partial charge >= 0.3 is 11.8 Å². The molecule has 3 heterocycles. The van der Waals surface area contributed by atoms with Gasteiger partial charge in [0.15, 0.2) is 16.9 Å². The summed E-state index contributed by atoms with van der Waals surface area (Å²) in [7, 11) is 1.50. The maximum atomic E-state index is 14.0. The highest BCUT2D eigenvalue weighted by atomic mass is 16.6. The second-order valence-electron chi connectivity index (χ2n) is 12.5. The number of carbonyl (C=O) groups excluding carboxylic acids is 3. The van der Waals surface area contributed by atoms with Crippen molar-refractivity contribution in [3.05, 3.63) is 50.7 Å². The quantitative estimate of drug-likeness (QED) is 0.290. The van der Waals surface area contributed by atoms with E-state index >= 15 is 0 Å². The van der Waals surface area contributed by atoms with Crippen LogP contribution in [0, 0.1) is 17.8 Å². The number of aromatic nitrogens is 4. The van der Waals surface area contributed by atoms with E-state index in [1.54, 1.807) is 56.5 Å². The van der Waals surface area contributed by atoms with Crippen LogP contribution >= 0.6 is 0 Å². The van der Waals surface area contributed by atoms with Crippen molar-refractivity contribution < 1.29 is 19.1 Å². The first-order chi connectivity index (χ1) is 21.4. The number of anilines is 2. The number of alkyl carbamates (subject to hydrolysis) is 1. The summed E-state index contributed by atoms with van der Waals surface area (Å²) in [4.78, 5) is 72.5. The molecule has 13 nitrogen and oxygen atoms in total. The van der Waals surface area contributed by atoms with Gasteiger partial charge in [0.1, 0.15) is 5.60 Å². The number of hydrogen-bond acceptors (Lipinski definition) is 8. The summed E-state index contributed by atoms with van der Waals surface area (Å²) >= 11 is 0. The van der Waals surface area contributed by atoms with Gasteiger partial charge in [-0.2, -0.15) is 4.98 Å². The van der Waals surface area contributed by atoms with Gasteiger partial charge in [0, 0.05) is 37.7 Å². The molecule has 1 aliphatic carbocycles. The van der Waals surface area contributed by atoms with Crippen molar-refractivity contribution in [2.75, 3.05) is 23.3 Å². The molecule has 2 N–H and O–H groups in total. The Hall–Kier alpha value is -4.86. The number of para-hydroxylation sites is 1. The average molecular weight is 618 g/mol. The number of fused-ring (bicyclic) bond motifs is 1. The molecule has 1 unspecified atom stereocenters. The minimum Gasteiger partial charge on any atom is -0.444 e. The van der Waals surface area contributed by atoms with Crippen molar-refractivity contribution in [3.63, 3.8) is 0 Å². The molecule has 2 aliphatic rings. The number of piperidine rings is 1. The van der Waals surface area contributed by atoms with Gasteiger partial charge in [-0.25, -0.2) is 9.59 Å². The Balaban J connectivity index is 1.49. The van der Waals surface area contributed by atoms with Crippen molar-refractivity contribution in [2.45, 2.75) is 78.1 Å². The lowest BCUT2D eigenvalue weighted by atomic mass is 10.1. The normalized spacial score (nSPS) is 16.6. The largest absolute Gasteiger partial charge is 0.444 e. The first-order valence-electron chi connectivity index (χ1n) is 15.1. The van der Waals surface area contributed by atoms with Crippen LogP contribution in [0.15, 0.2) is 33.9 Å². The smallest absolute Gasteiger partial charge is 0.407 e. The van der Waals surface area contributed by atoms with E-state index in [1.807, 2.05) is 4.90 Å². The fourth-order valence-electron chi connectivity index (χ4n) is 5.44. The molecule has 2 amide bonds. The molecule has 238 valence electrons. The van der Waals surface area contributed by atoms with Gasteiger partial charge in [-0.15, -0.1) is 5.92 Å². The lowest BCUT2D eigenvalue weighted by molar-refractivity contribution is -0.117. The van der Waals surface area contributed by atoms with Crippen LogP contribution in [0.3, 0.4) is 0 Å². The van der Waals surface area contributed by atoms with Gasteiger partial charge in [0.25, 0.3) is 5.56 Å². The SMILES string of the molecule is CC#CCn1c(N2CCCC(NC(=O)OC(C)(C)C)C2)nc2c1c(=O)n(CC(=O)c1ccccc1NC(=O)C1CC1)c(=O)n2C. The van der Waals surface area contributed by atoms with Crippen molar-refractivity contribution in [3.8, 4) is 11.8 Å². The number of nitrogens with zero attached hydrogens (tertiary/aromatic N) is 5. The molecule has 13 heteroatoms. The summed E-state index contributed by atoms with van der Waals surface area (Å²) in [5, 5.41) is 5.73. The van der Waals surface area contributed by atoms with Gasteiger partial charge in [0.05, 0.1) is 18.8 Å². The third-order valence-electron chi connectivity index (χ3n) is 7.79. The average Bonchev–Trinajstić information content (AvgIpc) is 3.77. The summed E-state index contributed by atoms with van der Waals surface area (Å²) in [6.07, 6.45) is 2.59. The second-order valence-corrected chi connectivity index (χ2v) is 12.5. The predicted octanol–water partition coefficient (Wildman–Crippen LogP) is 2.64. The zero-order valence-corrected chi connectivity index (χ0v) is 26.3. The molecule has 0 spiro atoms. The highest BCUT2D eigenvalue weighted by Gasteiger charge is 2.31. The lowest BCUT2D eigenvalue weighted by Crippen LogP contribution is -2.49. The number of Topliss-reactive ketones (excluding diaryl/α,β-unsaturated/α-hetero) is 1. The summed E-state index contributed by atoms with van der Waals surface area (Å²) < 4.78 is 9.24. The molecule has 5 rings (SSSR count). The topological polar surface area (TPSA) is 150 Å². The van der Waals surface area contributed by atoms with Gasteiger partial charge in [-0.3, -0.25) is 28.1 Å². The molecule has 0 radical (unpaired) electrons. The minimum absolute atomic E-state index is 0.0607. The van der Waals surface area contributed by atoms with Gasteiger partial charge in [-0.05, 0) is 65.5 Å². The fraction of sp³-hybridized carbons (Fsp3) is 0.500. The number of carbonyl (C=O) groups is 3. The van der Waals surface area contributed by atoms with Gasteiger partial charge in [0.2, 0.25) is 11.9 Å². The fourth-order valence-corrected chi connectivity index (χ4v) is 5.44. The summed E-state index contributed by atoms with van der Waals surface area (Å²) in [5.74, 6) is 5.57. The molecular formula is C32H39N7O6. The number of benzene rings is 1. The number of amides is 2. The molecule has 1 saturated carbocycles. The summed E-state index contributed by atoms with van der Waals surface area (Å²) in [6, 6.07) is 6.35. The molecule has 0 bridgehead atoms. The van der Waals surface area contributed by atoms with Crippen molar-refractivity contribution in [2.24, 2.45) is 13.0 Å². The van der Waals surface area contributed by atoms with Crippen LogP contribution in [-0.2, 0) is 29.7 Å². The second kappa shape index (κ2) is 12.6. The Morgan fingerprint density at radius 2 is 1.82 bits per heavy atom. The highest BCUT2D eigenvalue weighted by Crippen LogP contribution is 2.31. The molecule has 2 aromatic heterocycles. The van der Waals surface area contributed by atoms with E-state index in [0.29, 0.717) is 24.7 Å². The Bertz CT molecular complexity index is 1830. The van der Waals surface area contributed by atoms with Crippen LogP contribution in [0.4, 0.5) is 16.4 Å². The molecule has 3 aromatic rings. The number of ether oxygens (including phenoxy) is 1. The van der Waals surface area contributed by atoms with Crippen LogP contribution in [0.1, 0.15) is 63.7 Å². The van der Waals surface area contributed by atoms with Crippen molar-refractivity contribution in [1.82, 2.24) is 24.0 Å². The summed E-state index contributed by atoms with van der Waals surface area (Å²) in [6.45, 7) is 7.70. The molecular weight excluding hydrogens is 578 g/mol. The Morgan fingerprint density at radius 3 is 2.51 bits per heavy atom. The standard InChI is InChI=1S/C32H39N7O6/c1-6-7-17-38-25-26(35-29(38)37-16-10-11-21(18-37)33-30(43)45-32(2,3)4)36(5)31(44)39(28(25)42)19-24(40)22-12-8-9-13-23(22)34-27(41)20-14-15-20/h8-9,12-13,20-21H,10-11,14-19H2,1-5H3,(H,33,43)(H,34,41). The summed E-state index contributed by atoms with van der Waals surface area (Å²) in [5.41, 5.74) is -1.14. The first-order valence-corrected chi connectivity index (χ1v) is 15.1. The van der Waals surface area contributed by atoms with Crippen LogP contribution in [0.2, 0.25) is 0 Å². The van der Waals surface area contributed by atoms with Crippen molar-refractivity contribution in [1.29, 1.82) is 0 Å². The number of imidazole rings is 1. The number of hydrogen-bond donors (Lipinski definition) is 2. The maximum absolute atomic E-state index is 14.0. The van der Waals surface area contributed by atoms with Crippen LogP contribution in [-0.4, -0.2) is 61.2 Å². The highest BCUT2D eigenvalue weighted by molar-refractivity contribution is 6.05. The minimum atomic E-state index is -0.693. The van der Waals surface area contributed by atoms with E-state index in [0.717, 1.165) is 30.3 Å². The van der Waals surface area contributed by atoms with Crippen molar-refractivity contribution >= 4 is 40.6 Å². The van der Waals surface area contributed by atoms with Gasteiger partial charge in [-0.1, -0.05) is 18.1 Å². The third-order valence-corrected chi connectivity index (χ3v) is 7.79. The monoisotopic (exact) mass is 617 g/mol. The zero-order valence-electron chi connectivity index (χ0n) is 26.3. The van der Waals surface area contributed by atoms with E-state index < -0.39 is 35.3 Å².